The molecule has 0 spiro atoms. The number of rotatable bonds is 6. The van der Waals surface area contributed by atoms with Crippen molar-refractivity contribution in [3.05, 3.63) is 106 Å². The molecule has 0 aliphatic rings. The van der Waals surface area contributed by atoms with Crippen molar-refractivity contribution in [3.8, 4) is 12.1 Å². The van der Waals surface area contributed by atoms with Crippen LogP contribution in [-0.2, 0) is 0 Å². The van der Waals surface area contributed by atoms with Crippen LogP contribution in [0.5, 0.6) is 0 Å². The lowest BCUT2D eigenvalue weighted by Crippen LogP contribution is -2.22. The van der Waals surface area contributed by atoms with Crippen LogP contribution in [0.2, 0.25) is 0 Å². The van der Waals surface area contributed by atoms with Crippen LogP contribution in [0.3, 0.4) is 0 Å². The lowest BCUT2D eigenvalue weighted by atomic mass is 9.87. The van der Waals surface area contributed by atoms with Crippen LogP contribution in [0.15, 0.2) is 60.7 Å². The zero-order valence-corrected chi connectivity index (χ0v) is 16.2. The summed E-state index contributed by atoms with van der Waals surface area (Å²) >= 11 is 0. The summed E-state index contributed by atoms with van der Waals surface area (Å²) in [6.07, 6.45) is 0. The number of ketones is 2. The minimum absolute atomic E-state index is 0.0633. The molecule has 0 saturated heterocycles. The van der Waals surface area contributed by atoms with Gasteiger partial charge in [0.25, 0.3) is 0 Å². The van der Waals surface area contributed by atoms with E-state index in [9.17, 15) is 37.7 Å². The van der Waals surface area contributed by atoms with E-state index in [1.54, 1.807) is 24.3 Å². The number of carbonyl (C=O) groups excluding carboxylic acids is 2. The van der Waals surface area contributed by atoms with E-state index in [0.717, 1.165) is 0 Å². The van der Waals surface area contributed by atoms with E-state index in [4.69, 9.17) is 0 Å². The molecule has 4 nitrogen and oxygen atoms in total. The fourth-order valence-corrected chi connectivity index (χ4v) is 3.21. The van der Waals surface area contributed by atoms with Crippen LogP contribution >= 0.6 is 0 Å². The topological polar surface area (TPSA) is 81.7 Å². The second-order valence-electron chi connectivity index (χ2n) is 6.68. The Bertz CT molecular complexity index is 1150. The largest absolute Gasteiger partial charge is 0.292 e. The maximum absolute atomic E-state index is 14.7. The number of Topliss-reactive ketones (excluding diaryl/α,β-unsaturated/α-hetero) is 2. The number of halogens is 4. The van der Waals surface area contributed by atoms with Crippen molar-refractivity contribution in [1.29, 1.82) is 10.5 Å². The molecule has 32 heavy (non-hydrogen) atoms. The highest BCUT2D eigenvalue weighted by atomic mass is 19.2. The summed E-state index contributed by atoms with van der Waals surface area (Å²) in [5.74, 6) is -14.9. The molecule has 3 rings (SSSR count). The van der Waals surface area contributed by atoms with Crippen molar-refractivity contribution in [1.82, 2.24) is 0 Å². The van der Waals surface area contributed by atoms with Crippen LogP contribution in [0.1, 0.15) is 43.7 Å². The maximum Gasteiger partial charge on any atom is 0.190 e. The van der Waals surface area contributed by atoms with Gasteiger partial charge in [0.2, 0.25) is 0 Å². The summed E-state index contributed by atoms with van der Waals surface area (Å²) in [5, 5.41) is 18.6. The molecule has 2 unspecified atom stereocenters. The normalized spacial score (nSPS) is 12.3. The van der Waals surface area contributed by atoms with Crippen LogP contribution in [0.25, 0.3) is 0 Å². The third-order valence-electron chi connectivity index (χ3n) is 4.80. The van der Waals surface area contributed by atoms with Gasteiger partial charge < -0.3 is 0 Å². The number of benzene rings is 3. The molecule has 0 radical (unpaired) electrons. The fraction of sp³-hybridized carbons (Fsp3) is 0.0833. The number of nitriles is 2. The first-order valence-electron chi connectivity index (χ1n) is 9.16. The van der Waals surface area contributed by atoms with E-state index in [2.05, 4.69) is 0 Å². The zero-order chi connectivity index (χ0) is 23.4. The average Bonchev–Trinajstić information content (AvgIpc) is 2.80. The van der Waals surface area contributed by atoms with Gasteiger partial charge in [0, 0.05) is 0 Å². The maximum atomic E-state index is 14.7. The average molecular weight is 436 g/mol. The van der Waals surface area contributed by atoms with E-state index in [1.165, 1.54) is 48.5 Å². The molecule has 158 valence electrons. The first-order chi connectivity index (χ1) is 15.3. The Labute approximate surface area is 180 Å². The standard InChI is InChI=1S/C24H12F4N2O2/c25-19-17(23(31)15(11-29)13-7-3-1-4-8-13)20(26)22(28)18(21(19)27)24(32)16(12-30)14-9-5-2-6-10-14/h1-10,15-16H. The molecule has 0 saturated carbocycles. The second kappa shape index (κ2) is 9.23. The summed E-state index contributed by atoms with van der Waals surface area (Å²) in [7, 11) is 0. The molecule has 0 aromatic heterocycles. The lowest BCUT2D eigenvalue weighted by molar-refractivity contribution is 0.0949. The summed E-state index contributed by atoms with van der Waals surface area (Å²) in [5.41, 5.74) is -3.10. The molecule has 0 amide bonds. The van der Waals surface area contributed by atoms with E-state index >= 15 is 0 Å². The molecular formula is C24H12F4N2O2. The highest BCUT2D eigenvalue weighted by Crippen LogP contribution is 2.32. The first-order valence-corrected chi connectivity index (χ1v) is 9.16. The van der Waals surface area contributed by atoms with Crippen molar-refractivity contribution in [2.24, 2.45) is 0 Å². The number of carbonyl (C=O) groups is 2. The highest BCUT2D eigenvalue weighted by molar-refractivity contribution is 6.06. The number of hydrogen-bond donors (Lipinski definition) is 0. The molecule has 8 heteroatoms. The Balaban J connectivity index is 2.13. The van der Waals surface area contributed by atoms with Crippen LogP contribution in [0, 0.1) is 45.9 Å². The van der Waals surface area contributed by atoms with Gasteiger partial charge in [0.15, 0.2) is 34.8 Å². The van der Waals surface area contributed by atoms with Gasteiger partial charge >= 0.3 is 0 Å². The quantitative estimate of drug-likeness (QED) is 0.301. The highest BCUT2D eigenvalue weighted by Gasteiger charge is 2.37. The molecular weight excluding hydrogens is 424 g/mol. The van der Waals surface area contributed by atoms with E-state index in [0.29, 0.717) is 0 Å². The predicted octanol–water partition coefficient (Wildman–Crippen LogP) is 5.22. The van der Waals surface area contributed by atoms with Gasteiger partial charge in [0.05, 0.1) is 23.3 Å². The van der Waals surface area contributed by atoms with E-state index < -0.39 is 57.8 Å². The Hall–Kier alpha value is -4.30. The predicted molar refractivity (Wildman–Crippen MR) is 105 cm³/mol. The monoisotopic (exact) mass is 436 g/mol. The molecule has 0 N–H and O–H groups in total. The minimum atomic E-state index is -2.11. The Morgan fingerprint density at radius 3 is 1.12 bits per heavy atom. The summed E-state index contributed by atoms with van der Waals surface area (Å²) in [6, 6.07) is 17.5. The van der Waals surface area contributed by atoms with E-state index in [1.807, 2.05) is 0 Å². The van der Waals surface area contributed by atoms with Gasteiger partial charge in [-0.3, -0.25) is 9.59 Å². The molecule has 0 heterocycles. The Morgan fingerprint density at radius 1 is 0.594 bits per heavy atom. The summed E-state index contributed by atoms with van der Waals surface area (Å²) < 4.78 is 59.0. The summed E-state index contributed by atoms with van der Waals surface area (Å²) in [4.78, 5) is 25.3. The summed E-state index contributed by atoms with van der Waals surface area (Å²) in [6.45, 7) is 0. The number of nitrogens with zero attached hydrogens (tertiary/aromatic N) is 2. The van der Waals surface area contributed by atoms with Gasteiger partial charge in [-0.15, -0.1) is 0 Å². The van der Waals surface area contributed by atoms with Crippen molar-refractivity contribution in [2.45, 2.75) is 11.8 Å². The molecule has 3 aromatic rings. The van der Waals surface area contributed by atoms with Crippen LogP contribution in [0.4, 0.5) is 17.6 Å². The Kier molecular flexibility index (Phi) is 6.46. The van der Waals surface area contributed by atoms with Crippen LogP contribution in [-0.4, -0.2) is 11.6 Å². The fourth-order valence-electron chi connectivity index (χ4n) is 3.21. The molecule has 0 aliphatic heterocycles. The molecule has 2 atom stereocenters. The first kappa shape index (κ1) is 22.4. The minimum Gasteiger partial charge on any atom is -0.292 e. The molecule has 0 fully saturated rings. The second-order valence-corrected chi connectivity index (χ2v) is 6.68. The zero-order valence-electron chi connectivity index (χ0n) is 16.2. The SMILES string of the molecule is N#CC(C(=O)c1c(F)c(F)c(C(=O)C(C#N)c2ccccc2)c(F)c1F)c1ccccc1. The molecule has 3 aromatic carbocycles. The Morgan fingerprint density at radius 2 is 0.875 bits per heavy atom. The molecule has 0 aliphatic carbocycles. The van der Waals surface area contributed by atoms with Crippen molar-refractivity contribution < 1.29 is 27.2 Å². The van der Waals surface area contributed by atoms with Gasteiger partial charge in [-0.05, 0) is 11.1 Å². The van der Waals surface area contributed by atoms with Crippen molar-refractivity contribution >= 4 is 11.6 Å². The smallest absolute Gasteiger partial charge is 0.190 e. The van der Waals surface area contributed by atoms with Crippen molar-refractivity contribution in [3.63, 3.8) is 0 Å². The third kappa shape index (κ3) is 3.86. The van der Waals surface area contributed by atoms with E-state index in [-0.39, 0.29) is 11.1 Å². The van der Waals surface area contributed by atoms with Gasteiger partial charge in [0.1, 0.15) is 11.8 Å². The van der Waals surface area contributed by atoms with Gasteiger partial charge in [-0.25, -0.2) is 17.6 Å². The van der Waals surface area contributed by atoms with Gasteiger partial charge in [-0.1, -0.05) is 60.7 Å². The van der Waals surface area contributed by atoms with Crippen LogP contribution < -0.4 is 0 Å². The third-order valence-corrected chi connectivity index (χ3v) is 4.80. The lowest BCUT2D eigenvalue weighted by Gasteiger charge is -2.15. The molecule has 0 bridgehead atoms. The number of hydrogen-bond acceptors (Lipinski definition) is 4. The van der Waals surface area contributed by atoms with Crippen molar-refractivity contribution in [2.75, 3.05) is 0 Å². The van der Waals surface area contributed by atoms with Gasteiger partial charge in [-0.2, -0.15) is 10.5 Å².